The van der Waals surface area contributed by atoms with Gasteiger partial charge in [-0.15, -0.1) is 0 Å². The molecule has 0 unspecified atom stereocenters. The lowest BCUT2D eigenvalue weighted by Gasteiger charge is -2.08. The van der Waals surface area contributed by atoms with E-state index in [2.05, 4.69) is 5.32 Å². The average molecular weight is 296 g/mol. The van der Waals surface area contributed by atoms with Gasteiger partial charge >= 0.3 is 5.69 Å². The van der Waals surface area contributed by atoms with E-state index in [1.165, 1.54) is 30.7 Å². The summed E-state index contributed by atoms with van der Waals surface area (Å²) < 4.78 is 28.1. The number of nitro benzene ring substituents is 1. The van der Waals surface area contributed by atoms with E-state index in [1.54, 1.807) is 6.07 Å². The molecule has 0 fully saturated rings. The maximum absolute atomic E-state index is 11.6. The molecule has 0 atom stereocenters. The lowest BCUT2D eigenvalue weighted by atomic mass is 10.2. The number of furan rings is 1. The summed E-state index contributed by atoms with van der Waals surface area (Å²) in [5, 5.41) is 14.0. The molecule has 0 bridgehead atoms. The molecular formula is C12H12N2O5S. The van der Waals surface area contributed by atoms with Crippen molar-refractivity contribution in [1.82, 2.24) is 0 Å². The van der Waals surface area contributed by atoms with Crippen LogP contribution in [0.3, 0.4) is 0 Å². The third kappa shape index (κ3) is 2.97. The van der Waals surface area contributed by atoms with Gasteiger partial charge in [0.15, 0.2) is 9.84 Å². The van der Waals surface area contributed by atoms with Gasteiger partial charge in [-0.3, -0.25) is 10.1 Å². The van der Waals surface area contributed by atoms with Crippen LogP contribution in [0.25, 0.3) is 0 Å². The molecule has 0 spiro atoms. The molecule has 7 nitrogen and oxygen atoms in total. The molecule has 1 aromatic heterocycles. The predicted octanol–water partition coefficient (Wildman–Crippen LogP) is 2.20. The fourth-order valence-electron chi connectivity index (χ4n) is 1.74. The van der Waals surface area contributed by atoms with Crippen molar-refractivity contribution >= 4 is 21.2 Å². The fourth-order valence-corrected chi connectivity index (χ4v) is 2.60. The number of hydrogen-bond acceptors (Lipinski definition) is 6. The molecule has 1 N–H and O–H groups in total. The summed E-state index contributed by atoms with van der Waals surface area (Å²) in [6.07, 6.45) is 3.92. The lowest BCUT2D eigenvalue weighted by Crippen LogP contribution is -2.07. The van der Waals surface area contributed by atoms with Crippen molar-refractivity contribution < 1.29 is 17.8 Å². The van der Waals surface area contributed by atoms with Gasteiger partial charge in [0, 0.05) is 18.4 Å². The highest BCUT2D eigenvalue weighted by Crippen LogP contribution is 2.32. The van der Waals surface area contributed by atoms with Crippen LogP contribution in [-0.2, 0) is 16.4 Å². The highest BCUT2D eigenvalue weighted by Gasteiger charge is 2.25. The molecule has 0 radical (unpaired) electrons. The largest absolute Gasteiger partial charge is 0.472 e. The van der Waals surface area contributed by atoms with E-state index in [4.69, 9.17) is 4.42 Å². The van der Waals surface area contributed by atoms with Crippen LogP contribution in [0.4, 0.5) is 11.4 Å². The van der Waals surface area contributed by atoms with Crippen LogP contribution in [0.2, 0.25) is 0 Å². The molecule has 0 amide bonds. The van der Waals surface area contributed by atoms with Gasteiger partial charge in [-0.05, 0) is 18.2 Å². The smallest absolute Gasteiger partial charge is 0.310 e. The molecule has 1 aromatic carbocycles. The summed E-state index contributed by atoms with van der Waals surface area (Å²) in [5.74, 6) is 0. The SMILES string of the molecule is CS(=O)(=O)c1cccc(NCc2ccoc2)c1[N+](=O)[O-]. The summed E-state index contributed by atoms with van der Waals surface area (Å²) >= 11 is 0. The monoisotopic (exact) mass is 296 g/mol. The van der Waals surface area contributed by atoms with Crippen LogP contribution in [0, 0.1) is 10.1 Å². The Bertz CT molecular complexity index is 722. The first-order valence-corrected chi connectivity index (χ1v) is 7.51. The molecule has 20 heavy (non-hydrogen) atoms. The van der Waals surface area contributed by atoms with Gasteiger partial charge < -0.3 is 9.73 Å². The highest BCUT2D eigenvalue weighted by atomic mass is 32.2. The number of nitrogens with zero attached hydrogens (tertiary/aromatic N) is 1. The normalized spacial score (nSPS) is 11.2. The summed E-state index contributed by atoms with van der Waals surface area (Å²) in [6, 6.07) is 5.85. The summed E-state index contributed by atoms with van der Waals surface area (Å²) in [5.41, 5.74) is 0.502. The second-order valence-electron chi connectivity index (χ2n) is 4.17. The Kier molecular flexibility index (Phi) is 3.75. The molecule has 2 aromatic rings. The topological polar surface area (TPSA) is 102 Å². The summed E-state index contributed by atoms with van der Waals surface area (Å²) in [7, 11) is -3.67. The Hall–Kier alpha value is -2.35. The van der Waals surface area contributed by atoms with E-state index in [0.717, 1.165) is 11.8 Å². The Balaban J connectivity index is 2.40. The Labute approximate surface area is 115 Å². The number of rotatable bonds is 5. The van der Waals surface area contributed by atoms with Crippen molar-refractivity contribution in [3.8, 4) is 0 Å². The number of benzene rings is 1. The Morgan fingerprint density at radius 3 is 2.65 bits per heavy atom. The van der Waals surface area contributed by atoms with E-state index < -0.39 is 20.4 Å². The van der Waals surface area contributed by atoms with Crippen molar-refractivity contribution in [2.75, 3.05) is 11.6 Å². The molecule has 106 valence electrons. The first-order valence-electron chi connectivity index (χ1n) is 5.62. The number of para-hydroxylation sites is 1. The predicted molar refractivity (Wildman–Crippen MR) is 72.2 cm³/mol. The number of anilines is 1. The molecular weight excluding hydrogens is 284 g/mol. The third-order valence-corrected chi connectivity index (χ3v) is 3.77. The van der Waals surface area contributed by atoms with Crippen LogP contribution < -0.4 is 5.32 Å². The van der Waals surface area contributed by atoms with Crippen molar-refractivity contribution in [1.29, 1.82) is 0 Å². The molecule has 2 rings (SSSR count). The molecule has 0 aliphatic carbocycles. The Morgan fingerprint density at radius 2 is 2.10 bits per heavy atom. The van der Waals surface area contributed by atoms with E-state index in [-0.39, 0.29) is 10.6 Å². The zero-order valence-corrected chi connectivity index (χ0v) is 11.4. The minimum atomic E-state index is -3.67. The van der Waals surface area contributed by atoms with Crippen molar-refractivity contribution in [2.24, 2.45) is 0 Å². The molecule has 0 saturated heterocycles. The van der Waals surface area contributed by atoms with Crippen LogP contribution in [0.1, 0.15) is 5.56 Å². The zero-order chi connectivity index (χ0) is 14.8. The second-order valence-corrected chi connectivity index (χ2v) is 6.15. The molecule has 0 aliphatic heterocycles. The van der Waals surface area contributed by atoms with Crippen LogP contribution in [0.5, 0.6) is 0 Å². The molecule has 0 saturated carbocycles. The van der Waals surface area contributed by atoms with Crippen molar-refractivity contribution in [3.63, 3.8) is 0 Å². The van der Waals surface area contributed by atoms with Gasteiger partial charge in [0.25, 0.3) is 0 Å². The first-order chi connectivity index (χ1) is 9.39. The Morgan fingerprint density at radius 1 is 1.35 bits per heavy atom. The number of nitro groups is 1. The standard InChI is InChI=1S/C12H12N2O5S/c1-20(17,18)11-4-2-3-10(12(11)14(15)16)13-7-9-5-6-19-8-9/h2-6,8,13H,7H2,1H3. The van der Waals surface area contributed by atoms with Crippen LogP contribution in [-0.4, -0.2) is 19.6 Å². The average Bonchev–Trinajstić information content (AvgIpc) is 2.87. The van der Waals surface area contributed by atoms with Crippen LogP contribution in [0.15, 0.2) is 46.1 Å². The number of nitrogens with one attached hydrogen (secondary N) is 1. The highest BCUT2D eigenvalue weighted by molar-refractivity contribution is 7.90. The fraction of sp³-hybridized carbons (Fsp3) is 0.167. The minimum absolute atomic E-state index is 0.152. The van der Waals surface area contributed by atoms with E-state index in [9.17, 15) is 18.5 Å². The van der Waals surface area contributed by atoms with Gasteiger partial charge in [0.1, 0.15) is 10.6 Å². The van der Waals surface area contributed by atoms with E-state index in [0.29, 0.717) is 6.54 Å². The zero-order valence-electron chi connectivity index (χ0n) is 10.6. The number of hydrogen-bond donors (Lipinski definition) is 1. The summed E-state index contributed by atoms with van der Waals surface area (Å²) in [6.45, 7) is 0.296. The third-order valence-electron chi connectivity index (χ3n) is 2.64. The lowest BCUT2D eigenvalue weighted by molar-refractivity contribution is -0.386. The molecule has 0 aliphatic rings. The minimum Gasteiger partial charge on any atom is -0.472 e. The maximum atomic E-state index is 11.6. The molecule has 8 heteroatoms. The van der Waals surface area contributed by atoms with Crippen molar-refractivity contribution in [3.05, 3.63) is 52.5 Å². The van der Waals surface area contributed by atoms with E-state index >= 15 is 0 Å². The maximum Gasteiger partial charge on any atom is 0.310 e. The van der Waals surface area contributed by atoms with Crippen LogP contribution >= 0.6 is 0 Å². The van der Waals surface area contributed by atoms with Gasteiger partial charge in [-0.2, -0.15) is 0 Å². The second kappa shape index (κ2) is 5.33. The van der Waals surface area contributed by atoms with Crippen molar-refractivity contribution in [2.45, 2.75) is 11.4 Å². The first kappa shape index (κ1) is 14.1. The van der Waals surface area contributed by atoms with Gasteiger partial charge in [-0.1, -0.05) is 6.07 Å². The number of sulfone groups is 1. The quantitative estimate of drug-likeness (QED) is 0.670. The summed E-state index contributed by atoms with van der Waals surface area (Å²) in [4.78, 5) is 10.1. The molecule has 1 heterocycles. The van der Waals surface area contributed by atoms with Gasteiger partial charge in [0.05, 0.1) is 17.4 Å². The van der Waals surface area contributed by atoms with E-state index in [1.807, 2.05) is 0 Å². The van der Waals surface area contributed by atoms with Gasteiger partial charge in [-0.25, -0.2) is 8.42 Å². The van der Waals surface area contributed by atoms with Gasteiger partial charge in [0.2, 0.25) is 0 Å².